The zero-order chi connectivity index (χ0) is 18.5. The molecule has 134 valence electrons. The summed E-state index contributed by atoms with van der Waals surface area (Å²) in [6.45, 7) is 3.67. The Balaban J connectivity index is 1.75. The molecule has 0 spiro atoms. The van der Waals surface area contributed by atoms with Gasteiger partial charge in [-0.15, -0.1) is 6.58 Å². The highest BCUT2D eigenvalue weighted by molar-refractivity contribution is 5.79. The van der Waals surface area contributed by atoms with Gasteiger partial charge in [0.25, 0.3) is 0 Å². The van der Waals surface area contributed by atoms with Gasteiger partial charge in [0.2, 0.25) is 0 Å². The van der Waals surface area contributed by atoms with Crippen LogP contribution in [-0.2, 0) is 9.53 Å². The van der Waals surface area contributed by atoms with Crippen LogP contribution in [0.5, 0.6) is 0 Å². The molecular weight excluding hydrogens is 330 g/mol. The van der Waals surface area contributed by atoms with Crippen molar-refractivity contribution < 1.29 is 19.4 Å². The summed E-state index contributed by atoms with van der Waals surface area (Å²) in [4.78, 5) is 24.6. The van der Waals surface area contributed by atoms with Gasteiger partial charge in [-0.1, -0.05) is 54.6 Å². The molecule has 5 nitrogen and oxygen atoms in total. The zero-order valence-corrected chi connectivity index (χ0v) is 14.4. The lowest BCUT2D eigenvalue weighted by Crippen LogP contribution is -2.37. The van der Waals surface area contributed by atoms with Crippen molar-refractivity contribution in [2.75, 3.05) is 19.7 Å². The molecule has 1 N–H and O–H groups in total. The summed E-state index contributed by atoms with van der Waals surface area (Å²) in [6.07, 6.45) is 1.54. The number of hydrogen-bond acceptors (Lipinski definition) is 3. The Morgan fingerprint density at radius 1 is 1.08 bits per heavy atom. The van der Waals surface area contributed by atoms with Gasteiger partial charge in [-0.05, 0) is 28.7 Å². The fraction of sp³-hybridized carbons (Fsp3) is 0.238. The molecule has 0 fully saturated rings. The Bertz CT molecular complexity index is 785. The Labute approximate surface area is 152 Å². The molecule has 0 heterocycles. The summed E-state index contributed by atoms with van der Waals surface area (Å²) in [5, 5.41) is 9.00. The number of hydrogen-bond donors (Lipinski definition) is 1. The number of carbonyl (C=O) groups excluding carboxylic acids is 1. The van der Waals surface area contributed by atoms with E-state index in [1.54, 1.807) is 6.08 Å². The number of fused-ring (bicyclic) bond motifs is 3. The molecule has 1 amide bonds. The molecule has 3 rings (SSSR count). The molecule has 26 heavy (non-hydrogen) atoms. The van der Waals surface area contributed by atoms with Crippen molar-refractivity contribution in [3.63, 3.8) is 0 Å². The Morgan fingerprint density at radius 3 is 2.19 bits per heavy atom. The summed E-state index contributed by atoms with van der Waals surface area (Å²) in [5.74, 6) is -1.11. The van der Waals surface area contributed by atoms with Crippen LogP contribution < -0.4 is 0 Å². The SMILES string of the molecule is C=CCCN(CC(=O)O)C(=O)OCC1c2ccccc2-c2ccccc21. The van der Waals surface area contributed by atoms with Crippen molar-refractivity contribution in [3.05, 3.63) is 72.3 Å². The first-order valence-corrected chi connectivity index (χ1v) is 8.54. The maximum atomic E-state index is 12.4. The van der Waals surface area contributed by atoms with Crippen molar-refractivity contribution in [2.24, 2.45) is 0 Å². The minimum absolute atomic E-state index is 0.0440. The highest BCUT2D eigenvalue weighted by Crippen LogP contribution is 2.44. The van der Waals surface area contributed by atoms with Gasteiger partial charge < -0.3 is 9.84 Å². The Kier molecular flexibility index (Phi) is 5.37. The van der Waals surface area contributed by atoms with E-state index in [1.165, 1.54) is 4.90 Å². The molecule has 0 radical (unpaired) electrons. The molecule has 0 atom stereocenters. The van der Waals surface area contributed by atoms with Gasteiger partial charge in [0.1, 0.15) is 13.2 Å². The van der Waals surface area contributed by atoms with E-state index >= 15 is 0 Å². The highest BCUT2D eigenvalue weighted by atomic mass is 16.6. The lowest BCUT2D eigenvalue weighted by Gasteiger charge is -2.21. The van der Waals surface area contributed by atoms with Gasteiger partial charge in [0, 0.05) is 12.5 Å². The average molecular weight is 351 g/mol. The van der Waals surface area contributed by atoms with E-state index < -0.39 is 12.1 Å². The van der Waals surface area contributed by atoms with Gasteiger partial charge >= 0.3 is 12.1 Å². The van der Waals surface area contributed by atoms with Crippen LogP contribution >= 0.6 is 0 Å². The molecule has 0 saturated carbocycles. The molecule has 2 aromatic rings. The van der Waals surface area contributed by atoms with Crippen molar-refractivity contribution in [2.45, 2.75) is 12.3 Å². The second-order valence-corrected chi connectivity index (χ2v) is 6.20. The maximum Gasteiger partial charge on any atom is 0.410 e. The molecule has 0 saturated heterocycles. The fourth-order valence-electron chi connectivity index (χ4n) is 3.33. The van der Waals surface area contributed by atoms with E-state index in [-0.39, 0.29) is 25.6 Å². The van der Waals surface area contributed by atoms with Crippen LogP contribution in [0.15, 0.2) is 61.2 Å². The van der Waals surface area contributed by atoms with Crippen LogP contribution in [0.1, 0.15) is 23.5 Å². The van der Waals surface area contributed by atoms with Crippen molar-refractivity contribution in [3.8, 4) is 11.1 Å². The molecule has 0 aromatic heterocycles. The molecule has 1 aliphatic carbocycles. The zero-order valence-electron chi connectivity index (χ0n) is 14.4. The minimum Gasteiger partial charge on any atom is -0.480 e. The summed E-state index contributed by atoms with van der Waals surface area (Å²) >= 11 is 0. The summed E-state index contributed by atoms with van der Waals surface area (Å²) in [6, 6.07) is 16.2. The van der Waals surface area contributed by atoms with E-state index in [9.17, 15) is 9.59 Å². The molecule has 2 aromatic carbocycles. The molecule has 5 heteroatoms. The van der Waals surface area contributed by atoms with Crippen LogP contribution in [-0.4, -0.2) is 41.8 Å². The third-order valence-electron chi connectivity index (χ3n) is 4.52. The van der Waals surface area contributed by atoms with Gasteiger partial charge in [-0.25, -0.2) is 4.79 Å². The van der Waals surface area contributed by atoms with Crippen LogP contribution in [0.25, 0.3) is 11.1 Å². The van der Waals surface area contributed by atoms with E-state index in [1.807, 2.05) is 36.4 Å². The second kappa shape index (κ2) is 7.87. The largest absolute Gasteiger partial charge is 0.480 e. The standard InChI is InChI=1S/C21H21NO4/c1-2-3-12-22(13-20(23)24)21(25)26-14-19-17-10-6-4-8-15(17)16-9-5-7-11-18(16)19/h2,4-11,19H,1,3,12-14H2,(H,23,24). The monoisotopic (exact) mass is 351 g/mol. The van der Waals surface area contributed by atoms with Gasteiger partial charge in [0.05, 0.1) is 0 Å². The van der Waals surface area contributed by atoms with Gasteiger partial charge in [-0.2, -0.15) is 0 Å². The Morgan fingerprint density at radius 2 is 1.65 bits per heavy atom. The van der Waals surface area contributed by atoms with Crippen LogP contribution in [0.2, 0.25) is 0 Å². The van der Waals surface area contributed by atoms with Crippen LogP contribution in [0.3, 0.4) is 0 Å². The number of carboxylic acids is 1. The average Bonchev–Trinajstić information content (AvgIpc) is 2.97. The number of rotatable bonds is 7. The number of ether oxygens (including phenoxy) is 1. The number of amides is 1. The first-order chi connectivity index (χ1) is 12.6. The normalized spacial score (nSPS) is 12.2. The van der Waals surface area contributed by atoms with Crippen LogP contribution in [0, 0.1) is 0 Å². The van der Waals surface area contributed by atoms with Gasteiger partial charge in [-0.3, -0.25) is 9.69 Å². The summed E-state index contributed by atoms with van der Waals surface area (Å²) in [5.41, 5.74) is 4.55. The third kappa shape index (κ3) is 3.61. The minimum atomic E-state index is -1.07. The first-order valence-electron chi connectivity index (χ1n) is 8.54. The number of carbonyl (C=O) groups is 2. The summed E-state index contributed by atoms with van der Waals surface area (Å²) in [7, 11) is 0. The van der Waals surface area contributed by atoms with E-state index in [2.05, 4.69) is 18.7 Å². The van der Waals surface area contributed by atoms with E-state index in [0.717, 1.165) is 22.3 Å². The smallest absolute Gasteiger partial charge is 0.410 e. The van der Waals surface area contributed by atoms with Crippen molar-refractivity contribution in [1.82, 2.24) is 4.90 Å². The number of benzene rings is 2. The molecule has 0 aliphatic heterocycles. The topological polar surface area (TPSA) is 66.8 Å². The number of carboxylic acid groups (broad SMARTS) is 1. The molecular formula is C21H21NO4. The number of nitrogens with zero attached hydrogens (tertiary/aromatic N) is 1. The lowest BCUT2D eigenvalue weighted by atomic mass is 9.98. The highest BCUT2D eigenvalue weighted by Gasteiger charge is 2.29. The second-order valence-electron chi connectivity index (χ2n) is 6.20. The predicted octanol–water partition coefficient (Wildman–Crippen LogP) is 3.90. The van der Waals surface area contributed by atoms with Crippen LogP contribution in [0.4, 0.5) is 4.79 Å². The van der Waals surface area contributed by atoms with Gasteiger partial charge in [0.15, 0.2) is 0 Å². The van der Waals surface area contributed by atoms with Crippen molar-refractivity contribution in [1.29, 1.82) is 0 Å². The quantitative estimate of drug-likeness (QED) is 0.768. The van der Waals surface area contributed by atoms with Crippen molar-refractivity contribution >= 4 is 12.1 Å². The number of aliphatic carboxylic acids is 1. The lowest BCUT2D eigenvalue weighted by molar-refractivity contribution is -0.138. The molecule has 0 bridgehead atoms. The fourth-order valence-corrected chi connectivity index (χ4v) is 3.33. The Hall–Kier alpha value is -3.08. The van der Waals surface area contributed by atoms with E-state index in [0.29, 0.717) is 6.42 Å². The first kappa shape index (κ1) is 17.7. The predicted molar refractivity (Wildman–Crippen MR) is 99.1 cm³/mol. The molecule has 1 aliphatic rings. The third-order valence-corrected chi connectivity index (χ3v) is 4.52. The van der Waals surface area contributed by atoms with E-state index in [4.69, 9.17) is 9.84 Å². The molecule has 0 unspecified atom stereocenters. The summed E-state index contributed by atoms with van der Waals surface area (Å²) < 4.78 is 5.49. The maximum absolute atomic E-state index is 12.4.